The van der Waals surface area contributed by atoms with Crippen LogP contribution in [0.15, 0.2) is 23.1 Å². The zero-order valence-corrected chi connectivity index (χ0v) is 17.3. The van der Waals surface area contributed by atoms with Gasteiger partial charge in [-0.15, -0.1) is 0 Å². The van der Waals surface area contributed by atoms with Gasteiger partial charge in [-0.25, -0.2) is 12.8 Å². The summed E-state index contributed by atoms with van der Waals surface area (Å²) in [5, 5.41) is 0.148. The van der Waals surface area contributed by atoms with Gasteiger partial charge < -0.3 is 14.2 Å². The summed E-state index contributed by atoms with van der Waals surface area (Å²) in [5.41, 5.74) is 0.751. The first-order valence-electron chi connectivity index (χ1n) is 8.64. The van der Waals surface area contributed by atoms with Crippen LogP contribution in [0.5, 0.6) is 0 Å². The molecule has 7 nitrogen and oxygen atoms in total. The Hall–Kier alpha value is -2.10. The highest BCUT2D eigenvalue weighted by molar-refractivity contribution is 7.92. The van der Waals surface area contributed by atoms with Gasteiger partial charge in [-0.1, -0.05) is 11.6 Å². The summed E-state index contributed by atoms with van der Waals surface area (Å²) in [6.45, 7) is 4.84. The van der Waals surface area contributed by atoms with Gasteiger partial charge in [0.05, 0.1) is 24.5 Å². The van der Waals surface area contributed by atoms with Crippen molar-refractivity contribution in [2.75, 3.05) is 31.0 Å². The zero-order valence-electron chi connectivity index (χ0n) is 15.8. The Balaban J connectivity index is 2.07. The molecule has 0 bridgehead atoms. The number of halogens is 2. The van der Waals surface area contributed by atoms with E-state index in [1.165, 1.54) is 12.1 Å². The monoisotopic (exact) mass is 429 g/mol. The predicted molar refractivity (Wildman–Crippen MR) is 104 cm³/mol. The molecule has 1 aliphatic heterocycles. The molecule has 0 atom stereocenters. The largest absolute Gasteiger partial charge is 0.378 e. The molecule has 0 radical (unpaired) electrons. The molecule has 1 fully saturated rings. The van der Waals surface area contributed by atoms with E-state index in [1.54, 1.807) is 30.4 Å². The molecule has 28 heavy (non-hydrogen) atoms. The van der Waals surface area contributed by atoms with Gasteiger partial charge in [0.15, 0.2) is 0 Å². The smallest absolute Gasteiger partial charge is 0.264 e. The van der Waals surface area contributed by atoms with Crippen molar-refractivity contribution in [2.24, 2.45) is 7.05 Å². The first-order valence-corrected chi connectivity index (χ1v) is 10.5. The molecule has 3 rings (SSSR count). The van der Waals surface area contributed by atoms with Crippen molar-refractivity contribution in [1.82, 2.24) is 9.47 Å². The van der Waals surface area contributed by atoms with Crippen molar-refractivity contribution < 1.29 is 22.3 Å². The molecule has 1 amide bonds. The number of carbonyl (C=O) groups excluding carboxylic acids is 1. The molecule has 2 aromatic rings. The van der Waals surface area contributed by atoms with Crippen molar-refractivity contribution in [3.63, 3.8) is 0 Å². The Bertz CT molecular complexity index is 1030. The lowest BCUT2D eigenvalue weighted by atomic mass is 10.2. The average molecular weight is 430 g/mol. The second kappa shape index (κ2) is 7.73. The summed E-state index contributed by atoms with van der Waals surface area (Å²) in [7, 11) is -2.54. The third-order valence-electron chi connectivity index (χ3n) is 4.88. The fraction of sp³-hybridized carbons (Fsp3) is 0.389. The highest BCUT2D eigenvalue weighted by Gasteiger charge is 2.33. The van der Waals surface area contributed by atoms with Crippen molar-refractivity contribution in [2.45, 2.75) is 18.7 Å². The molecule has 1 saturated heterocycles. The highest BCUT2D eigenvalue weighted by Crippen LogP contribution is 2.30. The summed E-state index contributed by atoms with van der Waals surface area (Å²) < 4.78 is 49.5. The van der Waals surface area contributed by atoms with E-state index >= 15 is 0 Å². The van der Waals surface area contributed by atoms with Crippen LogP contribution < -0.4 is 4.72 Å². The lowest BCUT2D eigenvalue weighted by Crippen LogP contribution is -2.41. The zero-order chi connectivity index (χ0) is 20.6. The van der Waals surface area contributed by atoms with Gasteiger partial charge in [0, 0.05) is 36.5 Å². The molecule has 0 unspecified atom stereocenters. The quantitative estimate of drug-likeness (QED) is 0.810. The molecule has 10 heteroatoms. The summed E-state index contributed by atoms with van der Waals surface area (Å²) >= 11 is 5.73. The molecular formula is C18H21ClFN3O4S. The predicted octanol–water partition coefficient (Wildman–Crippen LogP) is 2.71. The summed E-state index contributed by atoms with van der Waals surface area (Å²) in [4.78, 5) is 14.5. The van der Waals surface area contributed by atoms with Crippen LogP contribution in [0, 0.1) is 19.7 Å². The Morgan fingerprint density at radius 3 is 2.46 bits per heavy atom. The lowest BCUT2D eigenvalue weighted by Gasteiger charge is -2.27. The summed E-state index contributed by atoms with van der Waals surface area (Å²) in [5.74, 6) is -1.19. The maximum absolute atomic E-state index is 14.1. The van der Waals surface area contributed by atoms with Gasteiger partial charge in [-0.2, -0.15) is 0 Å². The van der Waals surface area contributed by atoms with Crippen molar-refractivity contribution in [3.05, 3.63) is 46.0 Å². The van der Waals surface area contributed by atoms with Gasteiger partial charge in [0.25, 0.3) is 15.9 Å². The molecule has 0 saturated carbocycles. The number of nitrogens with one attached hydrogen (secondary N) is 1. The second-order valence-electron chi connectivity index (χ2n) is 6.57. The number of morpholine rings is 1. The molecule has 2 heterocycles. The number of ether oxygens (including phenoxy) is 1. The molecule has 1 N–H and O–H groups in total. The number of carbonyl (C=O) groups is 1. The number of hydrogen-bond acceptors (Lipinski definition) is 4. The van der Waals surface area contributed by atoms with Crippen molar-refractivity contribution >= 4 is 33.2 Å². The van der Waals surface area contributed by atoms with E-state index in [4.69, 9.17) is 16.3 Å². The number of rotatable bonds is 4. The first-order chi connectivity index (χ1) is 13.1. The standard InChI is InChI=1S/C18H21ClFN3O4S/c1-11-16(18(24)23-6-8-27-9-7-23)17(12(2)22(11)3)28(25,26)21-15-5-4-13(19)10-14(15)20/h4-5,10,21H,6-9H2,1-3H3. The number of benzene rings is 1. The lowest BCUT2D eigenvalue weighted by molar-refractivity contribution is 0.0300. The minimum Gasteiger partial charge on any atom is -0.378 e. The van der Waals surface area contributed by atoms with E-state index in [9.17, 15) is 17.6 Å². The number of nitrogens with zero attached hydrogens (tertiary/aromatic N) is 2. The normalized spacial score (nSPS) is 15.0. The van der Waals surface area contributed by atoms with Crippen LogP contribution >= 0.6 is 11.6 Å². The van der Waals surface area contributed by atoms with Crippen LogP contribution in [-0.2, 0) is 21.8 Å². The summed E-state index contributed by atoms with van der Waals surface area (Å²) in [6, 6.07) is 3.64. The number of sulfonamides is 1. The molecule has 1 aliphatic rings. The van der Waals surface area contributed by atoms with Crippen LogP contribution in [0.2, 0.25) is 5.02 Å². The fourth-order valence-electron chi connectivity index (χ4n) is 3.19. The molecular weight excluding hydrogens is 409 g/mol. The van der Waals surface area contributed by atoms with Gasteiger partial charge in [0.1, 0.15) is 10.7 Å². The third kappa shape index (κ3) is 3.74. The number of aromatic nitrogens is 1. The maximum atomic E-state index is 14.1. The fourth-order valence-corrected chi connectivity index (χ4v) is 4.94. The van der Waals surface area contributed by atoms with Gasteiger partial charge in [-0.05, 0) is 32.0 Å². The SMILES string of the molecule is Cc1c(C(=O)N2CCOCC2)c(S(=O)(=O)Nc2ccc(Cl)cc2F)c(C)n1C. The molecule has 1 aromatic heterocycles. The Kier molecular flexibility index (Phi) is 5.69. The number of anilines is 1. The van der Waals surface area contributed by atoms with Gasteiger partial charge >= 0.3 is 0 Å². The Morgan fingerprint density at radius 2 is 1.86 bits per heavy atom. The maximum Gasteiger partial charge on any atom is 0.264 e. The van der Waals surface area contributed by atoms with Crippen molar-refractivity contribution in [3.8, 4) is 0 Å². The topological polar surface area (TPSA) is 80.6 Å². The molecule has 152 valence electrons. The van der Waals surface area contributed by atoms with E-state index in [1.807, 2.05) is 0 Å². The minimum atomic E-state index is -4.23. The van der Waals surface area contributed by atoms with Crippen LogP contribution in [0.3, 0.4) is 0 Å². The van der Waals surface area contributed by atoms with Crippen LogP contribution in [0.25, 0.3) is 0 Å². The van der Waals surface area contributed by atoms with Crippen LogP contribution in [0.1, 0.15) is 21.7 Å². The van der Waals surface area contributed by atoms with E-state index in [2.05, 4.69) is 4.72 Å². The van der Waals surface area contributed by atoms with E-state index < -0.39 is 15.8 Å². The molecule has 0 spiro atoms. The van der Waals surface area contributed by atoms with E-state index in [-0.39, 0.29) is 27.1 Å². The Labute approximate surface area is 168 Å². The van der Waals surface area contributed by atoms with Crippen molar-refractivity contribution in [1.29, 1.82) is 0 Å². The third-order valence-corrected chi connectivity index (χ3v) is 6.64. The first kappa shape index (κ1) is 20.6. The van der Waals surface area contributed by atoms with E-state index in [0.717, 1.165) is 6.07 Å². The van der Waals surface area contributed by atoms with Crippen LogP contribution in [-0.4, -0.2) is 50.1 Å². The van der Waals surface area contributed by atoms with E-state index in [0.29, 0.717) is 37.7 Å². The minimum absolute atomic E-state index is 0.0868. The Morgan fingerprint density at radius 1 is 1.21 bits per heavy atom. The summed E-state index contributed by atoms with van der Waals surface area (Å²) in [6.07, 6.45) is 0. The van der Waals surface area contributed by atoms with Gasteiger partial charge in [0.2, 0.25) is 0 Å². The van der Waals surface area contributed by atoms with Gasteiger partial charge in [-0.3, -0.25) is 9.52 Å². The second-order valence-corrected chi connectivity index (χ2v) is 8.62. The molecule has 1 aromatic carbocycles. The number of hydrogen-bond donors (Lipinski definition) is 1. The molecule has 0 aliphatic carbocycles. The average Bonchev–Trinajstić information content (AvgIpc) is 2.89. The van der Waals surface area contributed by atoms with Crippen LogP contribution in [0.4, 0.5) is 10.1 Å². The highest BCUT2D eigenvalue weighted by atomic mass is 35.5. The number of amides is 1.